The first-order chi connectivity index (χ1) is 20.3. The number of carbonyl (C=O) groups excluding carboxylic acids is 2. The Hall–Kier alpha value is -4.30. The number of aliphatic hydroxyl groups is 1. The van der Waals surface area contributed by atoms with Crippen LogP contribution in [0, 0.1) is 11.6 Å². The number of hydrogen-bond acceptors (Lipinski definition) is 7. The molecule has 0 radical (unpaired) electrons. The number of hydrogen-bond donors (Lipinski definition) is 2. The van der Waals surface area contributed by atoms with Crippen LogP contribution in [0.15, 0.2) is 54.1 Å². The van der Waals surface area contributed by atoms with Crippen LogP contribution in [0.5, 0.6) is 5.75 Å². The van der Waals surface area contributed by atoms with Crippen molar-refractivity contribution in [3.8, 4) is 17.0 Å². The molecule has 2 amide bonds. The lowest BCUT2D eigenvalue weighted by atomic mass is 9.90. The maximum atomic E-state index is 14.6. The van der Waals surface area contributed by atoms with Crippen molar-refractivity contribution in [1.82, 2.24) is 20.0 Å². The summed E-state index contributed by atoms with van der Waals surface area (Å²) < 4.78 is 74.7. The van der Waals surface area contributed by atoms with Crippen molar-refractivity contribution in [2.45, 2.75) is 38.0 Å². The van der Waals surface area contributed by atoms with Gasteiger partial charge in [-0.05, 0) is 44.0 Å². The number of anilines is 1. The van der Waals surface area contributed by atoms with Gasteiger partial charge in [0.2, 0.25) is 0 Å². The highest BCUT2D eigenvalue weighted by Crippen LogP contribution is 2.43. The highest BCUT2D eigenvalue weighted by molar-refractivity contribution is 6.31. The third-order valence-electron chi connectivity index (χ3n) is 7.48. The van der Waals surface area contributed by atoms with Crippen molar-refractivity contribution < 1.29 is 41.4 Å². The Balaban J connectivity index is 1.58. The third kappa shape index (κ3) is 5.25. The van der Waals surface area contributed by atoms with Gasteiger partial charge in [-0.3, -0.25) is 14.6 Å². The Morgan fingerprint density at radius 3 is 2.65 bits per heavy atom. The second-order valence-electron chi connectivity index (χ2n) is 10.1. The first-order valence-electron chi connectivity index (χ1n) is 12.8. The van der Waals surface area contributed by atoms with Gasteiger partial charge in [-0.2, -0.15) is 13.2 Å². The van der Waals surface area contributed by atoms with E-state index in [9.17, 15) is 36.6 Å². The predicted octanol–water partition coefficient (Wildman–Crippen LogP) is 5.67. The minimum atomic E-state index is -4.77. The number of amides is 2. The Morgan fingerprint density at radius 1 is 1.21 bits per heavy atom. The number of halogens is 6. The summed E-state index contributed by atoms with van der Waals surface area (Å²) in [5.74, 6) is -5.22. The SMILES string of the molecule is COc1c(Cl)ncnc1-c1cc(C(F)(F)F)ccc1NC(=O)C1=C(O)[C@@]2(C)CCCN2N(Cc2cccc(F)c2F)C1=O. The van der Waals surface area contributed by atoms with Crippen molar-refractivity contribution in [3.05, 3.63) is 82.0 Å². The van der Waals surface area contributed by atoms with Crippen LogP contribution >= 0.6 is 11.6 Å². The number of nitrogens with one attached hydrogen (secondary N) is 1. The van der Waals surface area contributed by atoms with Gasteiger partial charge in [-0.25, -0.2) is 23.8 Å². The van der Waals surface area contributed by atoms with Gasteiger partial charge >= 0.3 is 6.18 Å². The fourth-order valence-electron chi connectivity index (χ4n) is 5.31. The van der Waals surface area contributed by atoms with E-state index in [2.05, 4.69) is 15.3 Å². The van der Waals surface area contributed by atoms with Crippen LogP contribution in [0.2, 0.25) is 5.15 Å². The summed E-state index contributed by atoms with van der Waals surface area (Å²) in [5.41, 5.74) is -3.88. The quantitative estimate of drug-likeness (QED) is 0.207. The number of carbonyl (C=O) groups is 2. The summed E-state index contributed by atoms with van der Waals surface area (Å²) in [4.78, 5) is 35.2. The maximum absolute atomic E-state index is 14.6. The lowest BCUT2D eigenvalue weighted by Crippen LogP contribution is -2.60. The van der Waals surface area contributed by atoms with Gasteiger partial charge < -0.3 is 15.2 Å². The number of nitrogens with zero attached hydrogens (tertiary/aromatic N) is 4. The summed E-state index contributed by atoms with van der Waals surface area (Å²) >= 11 is 6.07. The molecule has 9 nitrogen and oxygen atoms in total. The number of aromatic nitrogens is 2. The third-order valence-corrected chi connectivity index (χ3v) is 7.75. The molecule has 3 aromatic rings. The zero-order valence-corrected chi connectivity index (χ0v) is 23.4. The minimum absolute atomic E-state index is 0.165. The smallest absolute Gasteiger partial charge is 0.416 e. The first-order valence-corrected chi connectivity index (χ1v) is 13.2. The van der Waals surface area contributed by atoms with Gasteiger partial charge in [0.1, 0.15) is 23.4 Å². The molecule has 2 aromatic carbocycles. The molecule has 0 saturated carbocycles. The van der Waals surface area contributed by atoms with E-state index in [4.69, 9.17) is 16.3 Å². The van der Waals surface area contributed by atoms with Crippen LogP contribution in [-0.4, -0.2) is 56.1 Å². The largest absolute Gasteiger partial charge is 0.509 e. The molecule has 0 spiro atoms. The van der Waals surface area contributed by atoms with E-state index in [1.165, 1.54) is 24.3 Å². The summed E-state index contributed by atoms with van der Waals surface area (Å²) in [7, 11) is 1.20. The number of benzene rings is 2. The van der Waals surface area contributed by atoms with Gasteiger partial charge in [0.05, 0.1) is 30.4 Å². The zero-order valence-electron chi connectivity index (χ0n) is 22.6. The number of hydrazine groups is 1. The van der Waals surface area contributed by atoms with E-state index < -0.39 is 58.6 Å². The summed E-state index contributed by atoms with van der Waals surface area (Å²) in [5, 5.41) is 16.0. The van der Waals surface area contributed by atoms with Gasteiger partial charge in [0, 0.05) is 17.7 Å². The molecule has 2 aliphatic heterocycles. The maximum Gasteiger partial charge on any atom is 0.416 e. The topological polar surface area (TPSA) is 108 Å². The predicted molar refractivity (Wildman–Crippen MR) is 144 cm³/mol. The summed E-state index contributed by atoms with van der Waals surface area (Å²) in [6.07, 6.45) is -2.96. The molecule has 0 unspecified atom stereocenters. The molecule has 226 valence electrons. The molecule has 2 N–H and O–H groups in total. The van der Waals surface area contributed by atoms with Gasteiger partial charge in [-0.15, -0.1) is 0 Å². The van der Waals surface area contributed by atoms with Crippen molar-refractivity contribution in [2.75, 3.05) is 19.0 Å². The van der Waals surface area contributed by atoms with Crippen LogP contribution < -0.4 is 10.1 Å². The number of methoxy groups -OCH3 is 1. The molecule has 0 aliphatic carbocycles. The number of alkyl halides is 3. The molecule has 1 fully saturated rings. The molecule has 15 heteroatoms. The molecule has 1 aromatic heterocycles. The van der Waals surface area contributed by atoms with Crippen LogP contribution in [0.3, 0.4) is 0 Å². The highest BCUT2D eigenvalue weighted by atomic mass is 35.5. The van der Waals surface area contributed by atoms with Gasteiger partial charge in [-0.1, -0.05) is 23.7 Å². The highest BCUT2D eigenvalue weighted by Gasteiger charge is 2.52. The van der Waals surface area contributed by atoms with E-state index in [1.54, 1.807) is 6.92 Å². The Bertz CT molecular complexity index is 1670. The zero-order chi connectivity index (χ0) is 31.3. The van der Waals surface area contributed by atoms with E-state index in [0.717, 1.165) is 23.5 Å². The fraction of sp³-hybridized carbons (Fsp3) is 0.286. The van der Waals surface area contributed by atoms with E-state index in [0.29, 0.717) is 25.0 Å². The second-order valence-corrected chi connectivity index (χ2v) is 10.4. The molecule has 1 saturated heterocycles. The molecular weight excluding hydrogens is 601 g/mol. The fourth-order valence-corrected chi connectivity index (χ4v) is 5.53. The summed E-state index contributed by atoms with van der Waals surface area (Å²) in [6, 6.07) is 5.86. The molecular formula is C28H23ClF5N5O4. The van der Waals surface area contributed by atoms with Crippen LogP contribution in [-0.2, 0) is 22.3 Å². The van der Waals surface area contributed by atoms with Crippen molar-refractivity contribution in [1.29, 1.82) is 0 Å². The van der Waals surface area contributed by atoms with Crippen molar-refractivity contribution in [2.24, 2.45) is 0 Å². The number of fused-ring (bicyclic) bond motifs is 1. The van der Waals surface area contributed by atoms with Crippen LogP contribution in [0.1, 0.15) is 30.9 Å². The lowest BCUT2D eigenvalue weighted by Gasteiger charge is -2.46. The number of ether oxygens (including phenoxy) is 1. The normalized spacial score (nSPS) is 19.1. The molecule has 43 heavy (non-hydrogen) atoms. The first kappa shape index (κ1) is 30.2. The molecule has 2 aliphatic rings. The van der Waals surface area contributed by atoms with E-state index in [1.807, 2.05) is 0 Å². The van der Waals surface area contributed by atoms with Gasteiger partial charge in [0.25, 0.3) is 11.8 Å². The van der Waals surface area contributed by atoms with Crippen molar-refractivity contribution in [3.63, 3.8) is 0 Å². The average molecular weight is 624 g/mol. The minimum Gasteiger partial charge on any atom is -0.509 e. The Labute approximate surface area is 246 Å². The molecule has 5 rings (SSSR count). The van der Waals surface area contributed by atoms with Gasteiger partial charge in [0.15, 0.2) is 22.5 Å². The van der Waals surface area contributed by atoms with Crippen LogP contribution in [0.4, 0.5) is 27.6 Å². The monoisotopic (exact) mass is 623 g/mol. The number of rotatable bonds is 6. The molecule has 0 bridgehead atoms. The van der Waals surface area contributed by atoms with E-state index >= 15 is 0 Å². The lowest BCUT2D eigenvalue weighted by molar-refractivity contribution is -0.160. The average Bonchev–Trinajstić information content (AvgIpc) is 3.35. The Morgan fingerprint density at radius 2 is 1.95 bits per heavy atom. The molecule has 3 heterocycles. The Kier molecular flexibility index (Phi) is 7.77. The van der Waals surface area contributed by atoms with E-state index in [-0.39, 0.29) is 40.0 Å². The standard InChI is InChI=1S/C28H23ClF5N5O4/c1-27-9-4-10-39(27)38(12-14-5-3-6-17(30)20(14)31)26(42)19(23(27)40)25(41)37-18-8-7-15(28(32,33)34)11-16(18)21-22(43-2)24(29)36-13-35-21/h3,5-8,11,13,40H,4,9-10,12H2,1-2H3,(H,37,41)/t27-/m1/s1. The number of aliphatic hydroxyl groups excluding tert-OH is 1. The van der Waals surface area contributed by atoms with Crippen LogP contribution in [0.25, 0.3) is 11.3 Å². The summed E-state index contributed by atoms with van der Waals surface area (Å²) in [6.45, 7) is 1.40. The second kappa shape index (κ2) is 11.1. The van der Waals surface area contributed by atoms with Crippen molar-refractivity contribution >= 4 is 29.1 Å². The molecule has 1 atom stereocenters.